The molecule has 0 atom stereocenters. The molecular weight excluding hydrogens is 274 g/mol. The zero-order valence-electron chi connectivity index (χ0n) is 9.26. The normalized spacial score (nSPS) is 11.5. The minimum Gasteiger partial charge on any atom is -0.351 e. The van der Waals surface area contributed by atoms with Crippen LogP contribution in [0.25, 0.3) is 0 Å². The van der Waals surface area contributed by atoms with Crippen molar-refractivity contribution < 1.29 is 4.79 Å². The molecule has 0 saturated carbocycles. The molecule has 1 heterocycles. The lowest BCUT2D eigenvalue weighted by Gasteiger charge is -2.21. The Bertz CT molecular complexity index is 346. The molecule has 2 nitrogen and oxygen atoms in total. The first-order chi connectivity index (χ1) is 6.97. The fourth-order valence-electron chi connectivity index (χ4n) is 1.01. The Kier molecular flexibility index (Phi) is 4.34. The molecule has 0 saturated heterocycles. The molecule has 1 aromatic heterocycles. The molecule has 4 heteroatoms. The van der Waals surface area contributed by atoms with E-state index >= 15 is 0 Å². The molecule has 1 N–H and O–H groups in total. The Balaban J connectivity index is 2.52. The summed E-state index contributed by atoms with van der Waals surface area (Å²) in [6, 6.07) is 2.00. The summed E-state index contributed by atoms with van der Waals surface area (Å²) in [5.41, 5.74) is -0.274. The van der Waals surface area contributed by atoms with Gasteiger partial charge in [-0.05, 0) is 33.8 Å². The summed E-state index contributed by atoms with van der Waals surface area (Å²) in [7, 11) is 0. The Morgan fingerprint density at radius 1 is 1.60 bits per heavy atom. The number of carbonyl (C=O) groups is 1. The van der Waals surface area contributed by atoms with Crippen LogP contribution in [0.15, 0.2) is 15.9 Å². The number of amides is 1. The van der Waals surface area contributed by atoms with Gasteiger partial charge in [-0.25, -0.2) is 0 Å². The van der Waals surface area contributed by atoms with Crippen LogP contribution in [0.5, 0.6) is 0 Å². The molecule has 0 unspecified atom stereocenters. The van der Waals surface area contributed by atoms with Crippen molar-refractivity contribution in [1.82, 2.24) is 5.32 Å². The summed E-state index contributed by atoms with van der Waals surface area (Å²) < 4.78 is 1.07. The molecule has 84 valence electrons. The molecule has 0 aliphatic rings. The van der Waals surface area contributed by atoms with Crippen molar-refractivity contribution in [3.63, 3.8) is 0 Å². The molecule has 0 aromatic carbocycles. The molecule has 0 aliphatic heterocycles. The Morgan fingerprint density at radius 2 is 2.27 bits per heavy atom. The molecule has 0 aliphatic carbocycles. The summed E-state index contributed by atoms with van der Waals surface area (Å²) in [5, 5.41) is 4.97. The van der Waals surface area contributed by atoms with Gasteiger partial charge in [-0.15, -0.1) is 11.3 Å². The maximum absolute atomic E-state index is 11.8. The zero-order valence-corrected chi connectivity index (χ0v) is 11.7. The zero-order chi connectivity index (χ0) is 11.5. The van der Waals surface area contributed by atoms with Gasteiger partial charge in [0.15, 0.2) is 0 Å². The Morgan fingerprint density at radius 3 is 2.73 bits per heavy atom. The highest BCUT2D eigenvalue weighted by Gasteiger charge is 2.24. The van der Waals surface area contributed by atoms with Gasteiger partial charge in [-0.2, -0.15) is 0 Å². The van der Waals surface area contributed by atoms with Crippen molar-refractivity contribution in [1.29, 1.82) is 0 Å². The quantitative estimate of drug-likeness (QED) is 0.902. The van der Waals surface area contributed by atoms with Crippen molar-refractivity contribution in [2.45, 2.75) is 33.7 Å². The van der Waals surface area contributed by atoms with E-state index < -0.39 is 0 Å². The number of halogens is 1. The SMILES string of the molecule is CCC(C)(C)C(=O)NCc1sccc1Br. The van der Waals surface area contributed by atoms with Gasteiger partial charge in [0.05, 0.1) is 6.54 Å². The number of hydrogen-bond donors (Lipinski definition) is 1. The van der Waals surface area contributed by atoms with Crippen LogP contribution in [-0.2, 0) is 11.3 Å². The van der Waals surface area contributed by atoms with Gasteiger partial charge in [-0.3, -0.25) is 4.79 Å². The van der Waals surface area contributed by atoms with Crippen LogP contribution in [-0.4, -0.2) is 5.91 Å². The van der Waals surface area contributed by atoms with Gasteiger partial charge in [0.2, 0.25) is 5.91 Å². The van der Waals surface area contributed by atoms with E-state index in [0.717, 1.165) is 15.8 Å². The lowest BCUT2D eigenvalue weighted by Crippen LogP contribution is -2.35. The summed E-state index contributed by atoms with van der Waals surface area (Å²) in [5.74, 6) is 0.116. The molecule has 1 rings (SSSR count). The van der Waals surface area contributed by atoms with Crippen molar-refractivity contribution >= 4 is 33.2 Å². The highest BCUT2D eigenvalue weighted by molar-refractivity contribution is 9.10. The predicted molar refractivity (Wildman–Crippen MR) is 67.9 cm³/mol. The average Bonchev–Trinajstić information content (AvgIpc) is 2.60. The molecule has 0 bridgehead atoms. The summed E-state index contributed by atoms with van der Waals surface area (Å²) in [6.45, 7) is 6.57. The van der Waals surface area contributed by atoms with Crippen LogP contribution in [0.3, 0.4) is 0 Å². The first-order valence-electron chi connectivity index (χ1n) is 4.97. The van der Waals surface area contributed by atoms with Crippen molar-refractivity contribution in [2.24, 2.45) is 5.41 Å². The van der Waals surface area contributed by atoms with Crippen molar-refractivity contribution in [3.05, 3.63) is 20.8 Å². The van der Waals surface area contributed by atoms with Gasteiger partial charge in [0.1, 0.15) is 0 Å². The van der Waals surface area contributed by atoms with Crippen LogP contribution in [0.2, 0.25) is 0 Å². The van der Waals surface area contributed by atoms with Gasteiger partial charge in [0, 0.05) is 14.8 Å². The van der Waals surface area contributed by atoms with Crippen LogP contribution < -0.4 is 5.32 Å². The third-order valence-electron chi connectivity index (χ3n) is 2.60. The molecule has 15 heavy (non-hydrogen) atoms. The van der Waals surface area contributed by atoms with E-state index in [9.17, 15) is 4.79 Å². The van der Waals surface area contributed by atoms with Crippen molar-refractivity contribution in [3.8, 4) is 0 Å². The predicted octanol–water partition coefficient (Wildman–Crippen LogP) is 3.56. The Hall–Kier alpha value is -0.350. The number of nitrogens with one attached hydrogen (secondary N) is 1. The second-order valence-corrected chi connectivity index (χ2v) is 5.97. The second kappa shape index (κ2) is 5.12. The summed E-state index contributed by atoms with van der Waals surface area (Å²) >= 11 is 5.09. The highest BCUT2D eigenvalue weighted by Crippen LogP contribution is 2.24. The lowest BCUT2D eigenvalue weighted by atomic mass is 9.89. The Labute approximate surface area is 103 Å². The van der Waals surface area contributed by atoms with E-state index in [4.69, 9.17) is 0 Å². The van der Waals surface area contributed by atoms with Crippen LogP contribution in [0, 0.1) is 5.41 Å². The van der Waals surface area contributed by atoms with Crippen molar-refractivity contribution in [2.75, 3.05) is 0 Å². The summed E-state index contributed by atoms with van der Waals surface area (Å²) in [4.78, 5) is 12.9. The molecule has 1 aromatic rings. The van der Waals surface area contributed by atoms with E-state index in [2.05, 4.69) is 21.2 Å². The topological polar surface area (TPSA) is 29.1 Å². The highest BCUT2D eigenvalue weighted by atomic mass is 79.9. The van der Waals surface area contributed by atoms with Gasteiger partial charge < -0.3 is 5.32 Å². The van der Waals surface area contributed by atoms with Crippen LogP contribution >= 0.6 is 27.3 Å². The maximum atomic E-state index is 11.8. The standard InChI is InChI=1S/C11H16BrNOS/c1-4-11(2,3)10(14)13-7-9-8(12)5-6-15-9/h5-6H,4,7H2,1-3H3,(H,13,14). The number of thiophene rings is 1. The summed E-state index contributed by atoms with van der Waals surface area (Å²) in [6.07, 6.45) is 0.852. The van der Waals surface area contributed by atoms with E-state index in [0.29, 0.717) is 6.54 Å². The second-order valence-electron chi connectivity index (χ2n) is 4.11. The van der Waals surface area contributed by atoms with E-state index in [-0.39, 0.29) is 11.3 Å². The third-order valence-corrected chi connectivity index (χ3v) is 4.53. The van der Waals surface area contributed by atoms with E-state index in [1.54, 1.807) is 11.3 Å². The lowest BCUT2D eigenvalue weighted by molar-refractivity contribution is -0.129. The van der Waals surface area contributed by atoms with Gasteiger partial charge in [0.25, 0.3) is 0 Å². The minimum atomic E-state index is -0.274. The van der Waals surface area contributed by atoms with E-state index in [1.807, 2.05) is 32.2 Å². The number of hydrogen-bond acceptors (Lipinski definition) is 2. The minimum absolute atomic E-state index is 0.116. The largest absolute Gasteiger partial charge is 0.351 e. The third kappa shape index (κ3) is 3.31. The fraction of sp³-hybridized carbons (Fsp3) is 0.545. The van der Waals surface area contributed by atoms with E-state index in [1.165, 1.54) is 0 Å². The number of carbonyl (C=O) groups excluding carboxylic acids is 1. The molecular formula is C11H16BrNOS. The maximum Gasteiger partial charge on any atom is 0.225 e. The molecule has 0 radical (unpaired) electrons. The molecule has 0 spiro atoms. The fourth-order valence-corrected chi connectivity index (χ4v) is 2.44. The average molecular weight is 290 g/mol. The van der Waals surface area contributed by atoms with Crippen LogP contribution in [0.4, 0.5) is 0 Å². The van der Waals surface area contributed by atoms with Crippen LogP contribution in [0.1, 0.15) is 32.1 Å². The smallest absolute Gasteiger partial charge is 0.225 e. The monoisotopic (exact) mass is 289 g/mol. The number of rotatable bonds is 4. The van der Waals surface area contributed by atoms with Gasteiger partial charge in [-0.1, -0.05) is 20.8 Å². The molecule has 0 fully saturated rings. The first kappa shape index (κ1) is 12.7. The first-order valence-corrected chi connectivity index (χ1v) is 6.65. The van der Waals surface area contributed by atoms with Gasteiger partial charge >= 0.3 is 0 Å². The molecule has 1 amide bonds.